The Kier molecular flexibility index (Phi) is 8.10. The number of rotatable bonds is 9. The highest BCUT2D eigenvalue weighted by Gasteiger charge is 2.24. The van der Waals surface area contributed by atoms with Crippen LogP contribution in [0.15, 0.2) is 48.7 Å². The van der Waals surface area contributed by atoms with E-state index in [-0.39, 0.29) is 36.2 Å². The molecule has 0 unspecified atom stereocenters. The smallest absolute Gasteiger partial charge is 0.303 e. The van der Waals surface area contributed by atoms with Gasteiger partial charge in [0, 0.05) is 24.8 Å². The van der Waals surface area contributed by atoms with Crippen LogP contribution in [-0.2, 0) is 4.79 Å². The van der Waals surface area contributed by atoms with Gasteiger partial charge in [0.25, 0.3) is 5.91 Å². The summed E-state index contributed by atoms with van der Waals surface area (Å²) in [5.74, 6) is -1.33. The third-order valence-corrected chi connectivity index (χ3v) is 5.29. The lowest BCUT2D eigenvalue weighted by atomic mass is 9.98. The molecule has 0 saturated heterocycles. The average Bonchev–Trinajstić information content (AvgIpc) is 3.21. The van der Waals surface area contributed by atoms with Crippen molar-refractivity contribution in [2.24, 2.45) is 5.41 Å². The molecule has 0 aliphatic carbocycles. The standard InChI is InChI=1S/C27H29FN4O4/c1-18-23(16-32(30-18)21-9-7-20(28)8-10-21)26(35)31(13-5-6-25(33)34)22-11-12-24(19(14-22)15-29)36-17-27(2,3)4/h7-12,14,16H,5-6,13,17H2,1-4H3,(H,33,34). The molecule has 8 nitrogen and oxygen atoms in total. The summed E-state index contributed by atoms with van der Waals surface area (Å²) >= 11 is 0. The summed E-state index contributed by atoms with van der Waals surface area (Å²) in [4.78, 5) is 26.2. The van der Waals surface area contributed by atoms with Crippen molar-refractivity contribution in [2.45, 2.75) is 40.5 Å². The van der Waals surface area contributed by atoms with Crippen LogP contribution >= 0.6 is 0 Å². The zero-order valence-electron chi connectivity index (χ0n) is 20.8. The summed E-state index contributed by atoms with van der Waals surface area (Å²) in [5.41, 5.74) is 1.96. The lowest BCUT2D eigenvalue weighted by molar-refractivity contribution is -0.137. The molecule has 0 aliphatic heterocycles. The molecule has 1 heterocycles. The Labute approximate surface area is 209 Å². The second-order valence-electron chi connectivity index (χ2n) is 9.64. The molecule has 0 fully saturated rings. The minimum atomic E-state index is -0.966. The lowest BCUT2D eigenvalue weighted by Gasteiger charge is -2.24. The van der Waals surface area contributed by atoms with Crippen LogP contribution in [-0.4, -0.2) is 39.9 Å². The molecule has 2 aromatic carbocycles. The van der Waals surface area contributed by atoms with Crippen LogP contribution < -0.4 is 9.64 Å². The average molecular weight is 493 g/mol. The Morgan fingerprint density at radius 1 is 1.19 bits per heavy atom. The molecule has 0 bridgehead atoms. The van der Waals surface area contributed by atoms with E-state index in [9.17, 15) is 19.2 Å². The second kappa shape index (κ2) is 11.0. The van der Waals surface area contributed by atoms with Gasteiger partial charge in [0.1, 0.15) is 17.6 Å². The number of aryl methyl sites for hydroxylation is 1. The number of anilines is 1. The molecule has 3 aromatic rings. The minimum absolute atomic E-state index is 0.105. The molecule has 0 radical (unpaired) electrons. The number of aliphatic carboxylic acids is 1. The Balaban J connectivity index is 1.95. The highest BCUT2D eigenvalue weighted by molar-refractivity contribution is 6.06. The SMILES string of the molecule is Cc1nn(-c2ccc(F)cc2)cc1C(=O)N(CCCC(=O)O)c1ccc(OCC(C)(C)C)c(C#N)c1. The normalized spacial score (nSPS) is 11.1. The van der Waals surface area contributed by atoms with E-state index in [4.69, 9.17) is 9.84 Å². The number of amides is 1. The maximum atomic E-state index is 13.6. The number of hydrogen-bond acceptors (Lipinski definition) is 5. The fourth-order valence-corrected chi connectivity index (χ4v) is 3.47. The molecular weight excluding hydrogens is 463 g/mol. The number of hydrogen-bond donors (Lipinski definition) is 1. The predicted molar refractivity (Wildman–Crippen MR) is 133 cm³/mol. The summed E-state index contributed by atoms with van der Waals surface area (Å²) < 4.78 is 20.6. The van der Waals surface area contributed by atoms with Crippen molar-refractivity contribution in [3.05, 3.63) is 71.3 Å². The lowest BCUT2D eigenvalue weighted by Crippen LogP contribution is -2.32. The number of carbonyl (C=O) groups excluding carboxylic acids is 1. The summed E-state index contributed by atoms with van der Waals surface area (Å²) in [6.07, 6.45) is 1.66. The first-order chi connectivity index (χ1) is 17.0. The number of ether oxygens (including phenoxy) is 1. The van der Waals surface area contributed by atoms with Gasteiger partial charge in [-0.15, -0.1) is 0 Å². The van der Waals surface area contributed by atoms with E-state index < -0.39 is 11.9 Å². The maximum Gasteiger partial charge on any atom is 0.303 e. The van der Waals surface area contributed by atoms with Crippen molar-refractivity contribution in [3.63, 3.8) is 0 Å². The second-order valence-corrected chi connectivity index (χ2v) is 9.64. The number of aromatic nitrogens is 2. The summed E-state index contributed by atoms with van der Waals surface area (Å²) in [6.45, 7) is 8.27. The fourth-order valence-electron chi connectivity index (χ4n) is 3.47. The van der Waals surface area contributed by atoms with Gasteiger partial charge in [-0.05, 0) is 61.2 Å². The van der Waals surface area contributed by atoms with Crippen molar-refractivity contribution >= 4 is 17.6 Å². The van der Waals surface area contributed by atoms with E-state index in [2.05, 4.69) is 11.2 Å². The van der Waals surface area contributed by atoms with Crippen molar-refractivity contribution in [1.82, 2.24) is 9.78 Å². The summed E-state index contributed by atoms with van der Waals surface area (Å²) in [7, 11) is 0. The Bertz CT molecular complexity index is 1290. The van der Waals surface area contributed by atoms with Gasteiger partial charge in [-0.1, -0.05) is 20.8 Å². The van der Waals surface area contributed by atoms with Crippen molar-refractivity contribution < 1.29 is 23.8 Å². The topological polar surface area (TPSA) is 108 Å². The third-order valence-electron chi connectivity index (χ3n) is 5.29. The van der Waals surface area contributed by atoms with E-state index in [1.165, 1.54) is 21.7 Å². The largest absolute Gasteiger partial charge is 0.492 e. The molecule has 36 heavy (non-hydrogen) atoms. The van der Waals surface area contributed by atoms with Crippen LogP contribution in [0.1, 0.15) is 55.2 Å². The highest BCUT2D eigenvalue weighted by Crippen LogP contribution is 2.28. The van der Waals surface area contributed by atoms with Crippen LogP contribution in [0.25, 0.3) is 5.69 Å². The van der Waals surface area contributed by atoms with Crippen LogP contribution in [0.4, 0.5) is 10.1 Å². The molecule has 0 spiro atoms. The predicted octanol–water partition coefficient (Wildman–Crippen LogP) is 5.13. The quantitative estimate of drug-likeness (QED) is 0.444. The number of benzene rings is 2. The Hall–Kier alpha value is -4.19. The monoisotopic (exact) mass is 492 g/mol. The van der Waals surface area contributed by atoms with Gasteiger partial charge in [0.2, 0.25) is 0 Å². The number of nitriles is 1. The van der Waals surface area contributed by atoms with E-state index in [0.717, 1.165) is 0 Å². The van der Waals surface area contributed by atoms with E-state index in [1.807, 2.05) is 20.8 Å². The van der Waals surface area contributed by atoms with E-state index in [1.54, 1.807) is 43.5 Å². The van der Waals surface area contributed by atoms with Gasteiger partial charge in [0.05, 0.1) is 29.1 Å². The zero-order valence-corrected chi connectivity index (χ0v) is 20.8. The number of carbonyl (C=O) groups is 2. The third kappa shape index (κ3) is 6.69. The highest BCUT2D eigenvalue weighted by atomic mass is 19.1. The molecule has 9 heteroatoms. The van der Waals surface area contributed by atoms with E-state index >= 15 is 0 Å². The minimum Gasteiger partial charge on any atom is -0.492 e. The molecule has 3 rings (SSSR count). The first kappa shape index (κ1) is 26.4. The summed E-state index contributed by atoms with van der Waals surface area (Å²) in [5, 5.41) is 23.2. The van der Waals surface area contributed by atoms with Crippen molar-refractivity contribution in [2.75, 3.05) is 18.1 Å². The van der Waals surface area contributed by atoms with Gasteiger partial charge in [0.15, 0.2) is 0 Å². The fraction of sp³-hybridized carbons (Fsp3) is 0.333. The van der Waals surface area contributed by atoms with Crippen LogP contribution in [0, 0.1) is 29.5 Å². The maximum absolute atomic E-state index is 13.6. The number of halogens is 1. The first-order valence-electron chi connectivity index (χ1n) is 11.5. The molecule has 0 aliphatic rings. The first-order valence-corrected chi connectivity index (χ1v) is 11.5. The molecule has 0 saturated carbocycles. The van der Waals surface area contributed by atoms with E-state index in [0.29, 0.717) is 35.0 Å². The molecule has 1 aromatic heterocycles. The van der Waals surface area contributed by atoms with Crippen molar-refractivity contribution in [1.29, 1.82) is 5.26 Å². The van der Waals surface area contributed by atoms with Gasteiger partial charge in [-0.2, -0.15) is 10.4 Å². The molecule has 1 N–H and O–H groups in total. The molecule has 188 valence electrons. The van der Waals surface area contributed by atoms with Crippen LogP contribution in [0.3, 0.4) is 0 Å². The zero-order chi connectivity index (χ0) is 26.5. The number of nitrogens with zero attached hydrogens (tertiary/aromatic N) is 4. The Morgan fingerprint density at radius 3 is 2.50 bits per heavy atom. The van der Waals surface area contributed by atoms with Gasteiger partial charge < -0.3 is 14.7 Å². The van der Waals surface area contributed by atoms with Crippen LogP contribution in [0.5, 0.6) is 5.75 Å². The van der Waals surface area contributed by atoms with Crippen LogP contribution in [0.2, 0.25) is 0 Å². The number of carboxylic acids is 1. The van der Waals surface area contributed by atoms with Gasteiger partial charge in [-0.25, -0.2) is 9.07 Å². The van der Waals surface area contributed by atoms with Gasteiger partial charge >= 0.3 is 5.97 Å². The summed E-state index contributed by atoms with van der Waals surface area (Å²) in [6, 6.07) is 12.7. The van der Waals surface area contributed by atoms with Gasteiger partial charge in [-0.3, -0.25) is 9.59 Å². The molecular formula is C27H29FN4O4. The van der Waals surface area contributed by atoms with Crippen molar-refractivity contribution in [3.8, 4) is 17.5 Å². The molecule has 0 atom stereocenters. The Morgan fingerprint density at radius 2 is 1.89 bits per heavy atom. The number of carboxylic acid groups (broad SMARTS) is 1. The molecule has 1 amide bonds.